The summed E-state index contributed by atoms with van der Waals surface area (Å²) in [5.41, 5.74) is 4.41. The SMILES string of the molecule is O=C1Nc2ccccc2CCC1CC1CCN(c2cc(C(=O)N3CCc4ccccc43)cc(=O)[nH]2)CC1. The van der Waals surface area contributed by atoms with Crippen LogP contribution >= 0.6 is 0 Å². The molecule has 37 heavy (non-hydrogen) atoms. The smallest absolute Gasteiger partial charge is 0.258 e. The zero-order chi connectivity index (χ0) is 25.4. The summed E-state index contributed by atoms with van der Waals surface area (Å²) < 4.78 is 0. The van der Waals surface area contributed by atoms with Crippen LogP contribution in [0.3, 0.4) is 0 Å². The highest BCUT2D eigenvalue weighted by Gasteiger charge is 2.30. The summed E-state index contributed by atoms with van der Waals surface area (Å²) >= 11 is 0. The Morgan fingerprint density at radius 3 is 2.46 bits per heavy atom. The van der Waals surface area contributed by atoms with E-state index in [9.17, 15) is 14.4 Å². The molecule has 0 radical (unpaired) electrons. The van der Waals surface area contributed by atoms with Gasteiger partial charge in [0, 0.05) is 48.6 Å². The number of aromatic amines is 1. The van der Waals surface area contributed by atoms with Gasteiger partial charge in [-0.25, -0.2) is 0 Å². The number of anilines is 3. The summed E-state index contributed by atoms with van der Waals surface area (Å²) in [5, 5.41) is 3.12. The van der Waals surface area contributed by atoms with Crippen LogP contribution in [0.5, 0.6) is 0 Å². The molecule has 2 amide bonds. The third-order valence-electron chi connectivity index (χ3n) is 8.19. The fourth-order valence-electron chi connectivity index (χ4n) is 6.12. The highest BCUT2D eigenvalue weighted by molar-refractivity contribution is 6.07. The summed E-state index contributed by atoms with van der Waals surface area (Å²) in [6.45, 7) is 2.21. The topological polar surface area (TPSA) is 85.5 Å². The summed E-state index contributed by atoms with van der Waals surface area (Å²) in [6.07, 6.45) is 5.42. The number of carbonyl (C=O) groups is 2. The van der Waals surface area contributed by atoms with Gasteiger partial charge in [-0.05, 0) is 73.8 Å². The predicted octanol–water partition coefficient (Wildman–Crippen LogP) is 4.39. The van der Waals surface area contributed by atoms with E-state index in [2.05, 4.69) is 21.3 Å². The normalized spacial score (nSPS) is 19.7. The van der Waals surface area contributed by atoms with Crippen LogP contribution in [0.1, 0.15) is 47.2 Å². The number of H-pyrrole nitrogens is 1. The van der Waals surface area contributed by atoms with Crippen molar-refractivity contribution < 1.29 is 9.59 Å². The van der Waals surface area contributed by atoms with Crippen LogP contribution in [-0.2, 0) is 17.6 Å². The fourth-order valence-corrected chi connectivity index (χ4v) is 6.12. The molecule has 6 rings (SSSR count). The molecule has 1 unspecified atom stereocenters. The van der Waals surface area contributed by atoms with E-state index in [4.69, 9.17) is 0 Å². The number of carbonyl (C=O) groups excluding carboxylic acids is 2. The van der Waals surface area contributed by atoms with E-state index in [-0.39, 0.29) is 23.3 Å². The second-order valence-electron chi connectivity index (χ2n) is 10.5. The molecular formula is C30H32N4O3. The Bertz CT molecular complexity index is 1390. The molecule has 0 bridgehead atoms. The standard InChI is InChI=1S/C30H32N4O3/c35-28-19-24(30(37)34-16-13-22-6-2-4-8-26(22)34)18-27(32-28)33-14-11-20(12-15-33)17-23-10-9-21-5-1-3-7-25(21)31-29(23)36/h1-8,18-20,23H,9-17H2,(H,31,36)(H,32,35). The van der Waals surface area contributed by atoms with Crippen LogP contribution < -0.4 is 20.7 Å². The molecule has 4 heterocycles. The van der Waals surface area contributed by atoms with Gasteiger partial charge in [0.05, 0.1) is 0 Å². The maximum Gasteiger partial charge on any atom is 0.258 e. The van der Waals surface area contributed by atoms with Crippen molar-refractivity contribution in [3.05, 3.63) is 87.7 Å². The third-order valence-corrected chi connectivity index (χ3v) is 8.19. The van der Waals surface area contributed by atoms with Gasteiger partial charge in [-0.1, -0.05) is 36.4 Å². The molecule has 1 aromatic heterocycles. The molecule has 2 N–H and O–H groups in total. The van der Waals surface area contributed by atoms with E-state index in [0.717, 1.165) is 68.6 Å². The van der Waals surface area contributed by atoms with E-state index < -0.39 is 0 Å². The minimum Gasteiger partial charge on any atom is -0.358 e. The summed E-state index contributed by atoms with van der Waals surface area (Å²) in [4.78, 5) is 45.6. The molecule has 3 aliphatic heterocycles. The lowest BCUT2D eigenvalue weighted by molar-refractivity contribution is -0.120. The zero-order valence-corrected chi connectivity index (χ0v) is 20.9. The predicted molar refractivity (Wildman–Crippen MR) is 145 cm³/mol. The average Bonchev–Trinajstić information content (AvgIpc) is 3.28. The number of pyridine rings is 1. The van der Waals surface area contributed by atoms with E-state index in [1.54, 1.807) is 4.90 Å². The Morgan fingerprint density at radius 2 is 1.62 bits per heavy atom. The summed E-state index contributed by atoms with van der Waals surface area (Å²) in [6, 6.07) is 19.2. The summed E-state index contributed by atoms with van der Waals surface area (Å²) in [5.74, 6) is 1.18. The van der Waals surface area contributed by atoms with Crippen LogP contribution in [0.2, 0.25) is 0 Å². The molecular weight excluding hydrogens is 464 g/mol. The van der Waals surface area contributed by atoms with Crippen LogP contribution in [0.25, 0.3) is 0 Å². The number of aryl methyl sites for hydroxylation is 1. The van der Waals surface area contributed by atoms with E-state index in [0.29, 0.717) is 23.8 Å². The molecule has 0 aliphatic carbocycles. The van der Waals surface area contributed by atoms with Crippen molar-refractivity contribution >= 4 is 29.0 Å². The minimum absolute atomic E-state index is 0.0213. The van der Waals surface area contributed by atoms with Gasteiger partial charge in [-0.3, -0.25) is 14.4 Å². The lowest BCUT2D eigenvalue weighted by Gasteiger charge is -2.34. The van der Waals surface area contributed by atoms with Crippen molar-refractivity contribution in [1.29, 1.82) is 0 Å². The van der Waals surface area contributed by atoms with Gasteiger partial charge < -0.3 is 20.1 Å². The van der Waals surface area contributed by atoms with Gasteiger partial charge in [-0.15, -0.1) is 0 Å². The van der Waals surface area contributed by atoms with Crippen LogP contribution in [0.4, 0.5) is 17.2 Å². The zero-order valence-electron chi connectivity index (χ0n) is 20.9. The van der Waals surface area contributed by atoms with E-state index in [1.165, 1.54) is 11.6 Å². The van der Waals surface area contributed by atoms with Crippen LogP contribution in [-0.4, -0.2) is 36.4 Å². The monoisotopic (exact) mass is 496 g/mol. The molecule has 3 aliphatic rings. The largest absolute Gasteiger partial charge is 0.358 e. The quantitative estimate of drug-likeness (QED) is 0.561. The number of fused-ring (bicyclic) bond motifs is 2. The molecule has 190 valence electrons. The van der Waals surface area contributed by atoms with Crippen molar-refractivity contribution in [3.63, 3.8) is 0 Å². The molecule has 2 aromatic carbocycles. The van der Waals surface area contributed by atoms with Gasteiger partial charge in [0.2, 0.25) is 11.5 Å². The highest BCUT2D eigenvalue weighted by Crippen LogP contribution is 2.33. The first-order valence-corrected chi connectivity index (χ1v) is 13.3. The van der Waals surface area contributed by atoms with Gasteiger partial charge in [-0.2, -0.15) is 0 Å². The van der Waals surface area contributed by atoms with Gasteiger partial charge in [0.25, 0.3) is 5.91 Å². The van der Waals surface area contributed by atoms with Gasteiger partial charge in [0.15, 0.2) is 0 Å². The minimum atomic E-state index is -0.259. The number of amides is 2. The van der Waals surface area contributed by atoms with Crippen molar-refractivity contribution in [2.75, 3.05) is 34.8 Å². The number of hydrogen-bond acceptors (Lipinski definition) is 4. The first-order valence-electron chi connectivity index (χ1n) is 13.3. The molecule has 0 spiro atoms. The van der Waals surface area contributed by atoms with Gasteiger partial charge in [0.1, 0.15) is 5.82 Å². The second-order valence-corrected chi connectivity index (χ2v) is 10.5. The molecule has 0 saturated carbocycles. The molecule has 1 atom stereocenters. The Balaban J connectivity index is 1.10. The maximum absolute atomic E-state index is 13.3. The van der Waals surface area contributed by atoms with Crippen molar-refractivity contribution in [2.24, 2.45) is 11.8 Å². The molecule has 3 aromatic rings. The number of hydrogen-bond donors (Lipinski definition) is 2. The summed E-state index contributed by atoms with van der Waals surface area (Å²) in [7, 11) is 0. The number of rotatable bonds is 4. The lowest BCUT2D eigenvalue weighted by atomic mass is 9.84. The van der Waals surface area contributed by atoms with E-state index >= 15 is 0 Å². The lowest BCUT2D eigenvalue weighted by Crippen LogP contribution is -2.37. The fraction of sp³-hybridized carbons (Fsp3) is 0.367. The molecule has 7 nitrogen and oxygen atoms in total. The maximum atomic E-state index is 13.3. The molecule has 1 saturated heterocycles. The number of benzene rings is 2. The van der Waals surface area contributed by atoms with Crippen molar-refractivity contribution in [2.45, 2.75) is 38.5 Å². The Labute approximate surface area is 216 Å². The molecule has 7 heteroatoms. The Hall–Kier alpha value is -3.87. The first-order chi connectivity index (χ1) is 18.0. The van der Waals surface area contributed by atoms with Crippen LogP contribution in [0.15, 0.2) is 65.5 Å². The molecule has 1 fully saturated rings. The average molecular weight is 497 g/mol. The second kappa shape index (κ2) is 9.88. The Morgan fingerprint density at radius 1 is 0.865 bits per heavy atom. The number of nitrogens with one attached hydrogen (secondary N) is 2. The van der Waals surface area contributed by atoms with Crippen molar-refractivity contribution in [1.82, 2.24) is 4.98 Å². The number of nitrogens with zero attached hydrogens (tertiary/aromatic N) is 2. The third kappa shape index (κ3) is 4.78. The first kappa shape index (κ1) is 23.5. The number of para-hydroxylation sites is 2. The van der Waals surface area contributed by atoms with E-state index in [1.807, 2.05) is 48.5 Å². The Kier molecular flexibility index (Phi) is 6.28. The highest BCUT2D eigenvalue weighted by atomic mass is 16.2. The number of aromatic nitrogens is 1. The van der Waals surface area contributed by atoms with Crippen LogP contribution in [0, 0.1) is 11.8 Å². The van der Waals surface area contributed by atoms with Crippen molar-refractivity contribution in [3.8, 4) is 0 Å². The van der Waals surface area contributed by atoms with Gasteiger partial charge >= 0.3 is 0 Å². The number of piperidine rings is 1.